The quantitative estimate of drug-likeness (QED) is 0.569. The standard InChI is InChI=1S/C13H6F3N3O4S/c14-13(15,16)10-9(11(20)21)18-8(5-24-12(18)17-10)6-2-1-3-7(4-6)19(22)23/h1-5H,(H,20,21). The Morgan fingerprint density at radius 1 is 1.38 bits per heavy atom. The minimum Gasteiger partial charge on any atom is -0.476 e. The van der Waals surface area contributed by atoms with Gasteiger partial charge in [-0.05, 0) is 0 Å². The zero-order chi connectivity index (χ0) is 17.6. The summed E-state index contributed by atoms with van der Waals surface area (Å²) in [5, 5.41) is 21.4. The Hall–Kier alpha value is -2.95. The van der Waals surface area contributed by atoms with Crippen LogP contribution in [0.3, 0.4) is 0 Å². The fraction of sp³-hybridized carbons (Fsp3) is 0.0769. The van der Waals surface area contributed by atoms with Crippen LogP contribution in [0.25, 0.3) is 16.2 Å². The van der Waals surface area contributed by atoms with E-state index in [4.69, 9.17) is 0 Å². The van der Waals surface area contributed by atoms with Crippen LogP contribution in [0.1, 0.15) is 16.2 Å². The number of aromatic carboxylic acids is 1. The van der Waals surface area contributed by atoms with E-state index >= 15 is 0 Å². The van der Waals surface area contributed by atoms with Gasteiger partial charge in [-0.3, -0.25) is 14.5 Å². The normalized spacial score (nSPS) is 11.8. The van der Waals surface area contributed by atoms with Gasteiger partial charge >= 0.3 is 12.1 Å². The number of hydrogen-bond donors (Lipinski definition) is 1. The van der Waals surface area contributed by atoms with E-state index in [1.165, 1.54) is 23.6 Å². The van der Waals surface area contributed by atoms with E-state index in [2.05, 4.69) is 4.98 Å². The molecule has 2 aromatic heterocycles. The van der Waals surface area contributed by atoms with Crippen molar-refractivity contribution in [3.63, 3.8) is 0 Å². The van der Waals surface area contributed by atoms with Gasteiger partial charge in [0, 0.05) is 23.1 Å². The van der Waals surface area contributed by atoms with Gasteiger partial charge in [0.2, 0.25) is 0 Å². The number of nitrogens with zero attached hydrogens (tertiary/aromatic N) is 3. The molecule has 0 fully saturated rings. The highest BCUT2D eigenvalue weighted by molar-refractivity contribution is 7.15. The van der Waals surface area contributed by atoms with Crippen molar-refractivity contribution < 1.29 is 28.0 Å². The number of aromatic nitrogens is 2. The summed E-state index contributed by atoms with van der Waals surface area (Å²) in [6.45, 7) is 0. The SMILES string of the molecule is O=C(O)c1c(C(F)(F)F)nc2scc(-c3cccc([N+](=O)[O-])c3)n12. The lowest BCUT2D eigenvalue weighted by atomic mass is 10.1. The molecule has 7 nitrogen and oxygen atoms in total. The molecule has 0 spiro atoms. The molecule has 11 heteroatoms. The second-order valence-electron chi connectivity index (χ2n) is 4.66. The Labute approximate surface area is 134 Å². The Kier molecular flexibility index (Phi) is 3.52. The number of rotatable bonds is 3. The summed E-state index contributed by atoms with van der Waals surface area (Å²) in [7, 11) is 0. The largest absolute Gasteiger partial charge is 0.476 e. The molecule has 0 saturated carbocycles. The highest BCUT2D eigenvalue weighted by Gasteiger charge is 2.41. The van der Waals surface area contributed by atoms with Crippen molar-refractivity contribution >= 4 is 28.0 Å². The average Bonchev–Trinajstić information content (AvgIpc) is 3.04. The van der Waals surface area contributed by atoms with Crippen molar-refractivity contribution in [2.45, 2.75) is 6.18 Å². The van der Waals surface area contributed by atoms with Gasteiger partial charge in [0.1, 0.15) is 0 Å². The maximum absolute atomic E-state index is 13.0. The van der Waals surface area contributed by atoms with E-state index in [0.29, 0.717) is 0 Å². The average molecular weight is 357 g/mol. The summed E-state index contributed by atoms with van der Waals surface area (Å²) in [5.41, 5.74) is -2.50. The number of hydrogen-bond acceptors (Lipinski definition) is 5. The third-order valence-corrected chi connectivity index (χ3v) is 4.01. The predicted molar refractivity (Wildman–Crippen MR) is 77.1 cm³/mol. The molecule has 0 aliphatic heterocycles. The van der Waals surface area contributed by atoms with Gasteiger partial charge in [0.05, 0.1) is 10.6 Å². The van der Waals surface area contributed by atoms with E-state index in [-0.39, 0.29) is 21.9 Å². The Morgan fingerprint density at radius 3 is 2.67 bits per heavy atom. The lowest BCUT2D eigenvalue weighted by Crippen LogP contribution is -2.14. The maximum Gasteiger partial charge on any atom is 0.435 e. The first-order chi connectivity index (χ1) is 11.2. The van der Waals surface area contributed by atoms with Crippen LogP contribution < -0.4 is 0 Å². The molecule has 124 valence electrons. The van der Waals surface area contributed by atoms with Gasteiger partial charge in [-0.15, -0.1) is 11.3 Å². The number of alkyl halides is 3. The third-order valence-electron chi connectivity index (χ3n) is 3.19. The second-order valence-corrected chi connectivity index (χ2v) is 5.49. The summed E-state index contributed by atoms with van der Waals surface area (Å²) in [4.78, 5) is 24.7. The monoisotopic (exact) mass is 357 g/mol. The molecule has 0 saturated heterocycles. The summed E-state index contributed by atoms with van der Waals surface area (Å²) in [5.74, 6) is -1.79. The van der Waals surface area contributed by atoms with Crippen molar-refractivity contribution in [3.8, 4) is 11.3 Å². The fourth-order valence-electron chi connectivity index (χ4n) is 2.23. The smallest absolute Gasteiger partial charge is 0.435 e. The number of non-ortho nitro benzene ring substituents is 1. The molecular formula is C13H6F3N3O4S. The first kappa shape index (κ1) is 15.9. The molecule has 1 aromatic carbocycles. The Bertz CT molecular complexity index is 977. The number of halogens is 3. The van der Waals surface area contributed by atoms with Gasteiger partial charge in [0.25, 0.3) is 5.69 Å². The fourth-order valence-corrected chi connectivity index (χ4v) is 3.13. The number of carboxylic acids is 1. The number of carbonyl (C=O) groups is 1. The second kappa shape index (κ2) is 5.30. The van der Waals surface area contributed by atoms with Crippen LogP contribution in [0, 0.1) is 10.1 Å². The van der Waals surface area contributed by atoms with E-state index in [0.717, 1.165) is 21.8 Å². The van der Waals surface area contributed by atoms with Gasteiger partial charge in [-0.2, -0.15) is 13.2 Å². The van der Waals surface area contributed by atoms with E-state index in [9.17, 15) is 33.2 Å². The Balaban J connectivity index is 2.31. The molecule has 0 radical (unpaired) electrons. The van der Waals surface area contributed by atoms with Crippen LogP contribution in [0.15, 0.2) is 29.6 Å². The van der Waals surface area contributed by atoms with Crippen molar-refractivity contribution in [2.75, 3.05) is 0 Å². The molecule has 3 aromatic rings. The van der Waals surface area contributed by atoms with Crippen LogP contribution >= 0.6 is 11.3 Å². The van der Waals surface area contributed by atoms with Crippen molar-refractivity contribution in [2.24, 2.45) is 0 Å². The molecule has 2 heterocycles. The Morgan fingerprint density at radius 2 is 2.08 bits per heavy atom. The van der Waals surface area contributed by atoms with E-state index in [1.807, 2.05) is 0 Å². The first-order valence-corrected chi connectivity index (χ1v) is 7.13. The zero-order valence-electron chi connectivity index (χ0n) is 11.4. The minimum atomic E-state index is -4.93. The number of fused-ring (bicyclic) bond motifs is 1. The molecule has 1 N–H and O–H groups in total. The number of imidazole rings is 1. The van der Waals surface area contributed by atoms with E-state index < -0.39 is 28.5 Å². The van der Waals surface area contributed by atoms with Gasteiger partial charge in [-0.25, -0.2) is 9.78 Å². The summed E-state index contributed by atoms with van der Waals surface area (Å²) < 4.78 is 39.9. The van der Waals surface area contributed by atoms with Crippen molar-refractivity contribution in [1.29, 1.82) is 0 Å². The van der Waals surface area contributed by atoms with Gasteiger partial charge < -0.3 is 5.11 Å². The van der Waals surface area contributed by atoms with Crippen molar-refractivity contribution in [1.82, 2.24) is 9.38 Å². The molecular weight excluding hydrogens is 351 g/mol. The lowest BCUT2D eigenvalue weighted by molar-refractivity contribution is -0.384. The first-order valence-electron chi connectivity index (χ1n) is 6.25. The number of carboxylic acid groups (broad SMARTS) is 1. The molecule has 0 aliphatic carbocycles. The molecule has 3 rings (SSSR count). The summed E-state index contributed by atoms with van der Waals surface area (Å²) in [6, 6.07) is 5.17. The molecule has 0 amide bonds. The molecule has 0 bridgehead atoms. The number of thiazole rings is 1. The van der Waals surface area contributed by atoms with Crippen LogP contribution in [0.5, 0.6) is 0 Å². The van der Waals surface area contributed by atoms with Crippen LogP contribution in [0.4, 0.5) is 18.9 Å². The topological polar surface area (TPSA) is 97.7 Å². The zero-order valence-corrected chi connectivity index (χ0v) is 12.3. The van der Waals surface area contributed by atoms with Crippen LogP contribution in [0.2, 0.25) is 0 Å². The molecule has 0 atom stereocenters. The maximum atomic E-state index is 13.0. The van der Waals surface area contributed by atoms with Crippen LogP contribution in [-0.2, 0) is 6.18 Å². The minimum absolute atomic E-state index is 0.0825. The summed E-state index contributed by atoms with van der Waals surface area (Å²) in [6.07, 6.45) is -4.93. The predicted octanol–water partition coefficient (Wildman–Crippen LogP) is 3.69. The van der Waals surface area contributed by atoms with E-state index in [1.54, 1.807) is 0 Å². The van der Waals surface area contributed by atoms with Gasteiger partial charge in [-0.1, -0.05) is 12.1 Å². The number of benzene rings is 1. The van der Waals surface area contributed by atoms with Crippen molar-refractivity contribution in [3.05, 3.63) is 51.1 Å². The van der Waals surface area contributed by atoms with Crippen LogP contribution in [-0.4, -0.2) is 25.4 Å². The lowest BCUT2D eigenvalue weighted by Gasteiger charge is -2.06. The van der Waals surface area contributed by atoms with Gasteiger partial charge in [0.15, 0.2) is 16.3 Å². The number of nitro groups is 1. The highest BCUT2D eigenvalue weighted by atomic mass is 32.1. The number of nitro benzene ring substituents is 1. The summed E-state index contributed by atoms with van der Waals surface area (Å²) >= 11 is 0.810. The highest BCUT2D eigenvalue weighted by Crippen LogP contribution is 2.36. The molecule has 0 unspecified atom stereocenters. The molecule has 0 aliphatic rings. The third kappa shape index (κ3) is 2.48. The molecule has 24 heavy (non-hydrogen) atoms.